The monoisotopic (exact) mass is 528 g/mol. The molecule has 0 saturated carbocycles. The van der Waals surface area contributed by atoms with Crippen LogP contribution in [-0.2, 0) is 15.0 Å². The van der Waals surface area contributed by atoms with Gasteiger partial charge in [-0.15, -0.1) is 0 Å². The number of nitrogens with zero attached hydrogens (tertiary/aromatic N) is 2. The lowest BCUT2D eigenvalue weighted by molar-refractivity contribution is -0.122. The van der Waals surface area contributed by atoms with E-state index in [0.29, 0.717) is 45.5 Å². The minimum Gasteiger partial charge on any atom is -0.384 e. The number of carbonyl (C=O) groups excluding carboxylic acids is 2. The van der Waals surface area contributed by atoms with Crippen LogP contribution in [0.1, 0.15) is 24.8 Å². The van der Waals surface area contributed by atoms with E-state index >= 15 is 0 Å². The maximum Gasteiger partial charge on any atom is 0.245 e. The van der Waals surface area contributed by atoms with Crippen molar-refractivity contribution in [2.45, 2.75) is 24.7 Å². The molecule has 0 fully saturated rings. The van der Waals surface area contributed by atoms with Gasteiger partial charge in [-0.1, -0.05) is 39.1 Å². The van der Waals surface area contributed by atoms with Gasteiger partial charge in [0, 0.05) is 39.1 Å². The lowest BCUT2D eigenvalue weighted by atomic mass is 9.64. The van der Waals surface area contributed by atoms with E-state index in [2.05, 4.69) is 27.3 Å². The quantitative estimate of drug-likeness (QED) is 0.531. The summed E-state index contributed by atoms with van der Waals surface area (Å²) in [5.74, 6) is -0.552. The van der Waals surface area contributed by atoms with Crippen molar-refractivity contribution in [2.75, 3.05) is 10.2 Å². The van der Waals surface area contributed by atoms with Crippen molar-refractivity contribution >= 4 is 62.2 Å². The number of allylic oxidation sites excluding steroid dienone is 1. The molecule has 0 radical (unpaired) electrons. The maximum atomic E-state index is 13.6. The first-order valence-corrected chi connectivity index (χ1v) is 11.4. The number of benzene rings is 2. The summed E-state index contributed by atoms with van der Waals surface area (Å²) in [5.41, 5.74) is 7.53. The minimum atomic E-state index is -1.60. The van der Waals surface area contributed by atoms with Crippen molar-refractivity contribution in [1.29, 1.82) is 5.26 Å². The first-order valence-electron chi connectivity index (χ1n) is 9.84. The summed E-state index contributed by atoms with van der Waals surface area (Å²) in [6.07, 6.45) is 1.40. The van der Waals surface area contributed by atoms with Crippen LogP contribution in [0.25, 0.3) is 0 Å². The molecule has 3 aliphatic rings. The Morgan fingerprint density at radius 3 is 2.62 bits per heavy atom. The van der Waals surface area contributed by atoms with Gasteiger partial charge in [0.15, 0.2) is 5.78 Å². The highest BCUT2D eigenvalue weighted by molar-refractivity contribution is 9.10. The van der Waals surface area contributed by atoms with Crippen molar-refractivity contribution in [3.8, 4) is 6.07 Å². The molecule has 0 aromatic heterocycles. The van der Waals surface area contributed by atoms with Gasteiger partial charge in [0.1, 0.15) is 17.3 Å². The van der Waals surface area contributed by atoms with Gasteiger partial charge in [-0.2, -0.15) is 5.26 Å². The largest absolute Gasteiger partial charge is 0.384 e. The summed E-state index contributed by atoms with van der Waals surface area (Å²) < 4.78 is 0.723. The topological polar surface area (TPSA) is 99.2 Å². The molecule has 2 aromatic carbocycles. The van der Waals surface area contributed by atoms with E-state index < -0.39 is 11.3 Å². The number of hydrogen-bond acceptors (Lipinski definition) is 5. The molecule has 2 aromatic rings. The number of nitrogens with two attached hydrogens (primary N) is 1. The number of halogens is 3. The standard InChI is InChI=1S/C23H15BrCl2N4O2/c24-11-4-7-17-13(8-11)23(22(32)29-17)14(10-27)21(28)30(12-5-6-15(25)16(26)9-12)18-2-1-3-19(31)20(18)23/h4-9H,1-3,28H2,(H,29,32). The van der Waals surface area contributed by atoms with Gasteiger partial charge >= 0.3 is 0 Å². The highest BCUT2D eigenvalue weighted by Gasteiger charge is 2.60. The summed E-state index contributed by atoms with van der Waals surface area (Å²) >= 11 is 15.8. The third-order valence-corrected chi connectivity index (χ3v) is 7.38. The fourth-order valence-electron chi connectivity index (χ4n) is 4.88. The summed E-state index contributed by atoms with van der Waals surface area (Å²) in [6, 6.07) is 12.4. The van der Waals surface area contributed by atoms with Gasteiger partial charge in [0.25, 0.3) is 0 Å². The van der Waals surface area contributed by atoms with Crippen molar-refractivity contribution in [1.82, 2.24) is 0 Å². The summed E-state index contributed by atoms with van der Waals surface area (Å²) in [5, 5.41) is 13.8. The van der Waals surface area contributed by atoms with E-state index in [-0.39, 0.29) is 29.2 Å². The molecule has 1 atom stereocenters. The van der Waals surface area contributed by atoms with Crippen molar-refractivity contribution in [3.05, 3.63) is 79.1 Å². The predicted octanol–water partition coefficient (Wildman–Crippen LogP) is 5.17. The normalized spacial score (nSPS) is 22.1. The molecule has 160 valence electrons. The Morgan fingerprint density at radius 1 is 1.12 bits per heavy atom. The smallest absolute Gasteiger partial charge is 0.245 e. The fraction of sp³-hybridized carbons (Fsp3) is 0.174. The van der Waals surface area contributed by atoms with Crippen LogP contribution in [0.2, 0.25) is 10.0 Å². The Balaban J connectivity index is 1.88. The molecule has 1 unspecified atom stereocenters. The summed E-state index contributed by atoms with van der Waals surface area (Å²) in [6.45, 7) is 0. The molecule has 32 heavy (non-hydrogen) atoms. The van der Waals surface area contributed by atoms with E-state index in [1.807, 2.05) is 0 Å². The number of amides is 1. The van der Waals surface area contributed by atoms with E-state index in [4.69, 9.17) is 28.9 Å². The Labute approximate surface area is 202 Å². The Kier molecular flexibility index (Phi) is 4.86. The van der Waals surface area contributed by atoms with Crippen LogP contribution in [0.5, 0.6) is 0 Å². The van der Waals surface area contributed by atoms with Crippen LogP contribution in [0.3, 0.4) is 0 Å². The van der Waals surface area contributed by atoms with Crippen molar-refractivity contribution in [3.63, 3.8) is 0 Å². The summed E-state index contributed by atoms with van der Waals surface area (Å²) in [7, 11) is 0. The number of nitrogens with one attached hydrogen (secondary N) is 1. The second-order valence-corrected chi connectivity index (χ2v) is 9.53. The van der Waals surface area contributed by atoms with Crippen molar-refractivity contribution < 1.29 is 9.59 Å². The molecule has 2 aliphatic heterocycles. The third-order valence-electron chi connectivity index (χ3n) is 6.15. The number of nitriles is 1. The molecular formula is C23H15BrCl2N4O2. The zero-order chi connectivity index (χ0) is 22.8. The number of rotatable bonds is 1. The first kappa shape index (κ1) is 21.1. The Bertz CT molecular complexity index is 1340. The molecule has 5 rings (SSSR count). The van der Waals surface area contributed by atoms with Crippen LogP contribution in [-0.4, -0.2) is 11.7 Å². The van der Waals surface area contributed by atoms with Gasteiger partial charge in [0.2, 0.25) is 5.91 Å². The molecule has 2 heterocycles. The predicted molar refractivity (Wildman–Crippen MR) is 126 cm³/mol. The number of fused-ring (bicyclic) bond motifs is 3. The van der Waals surface area contributed by atoms with Gasteiger partial charge in [-0.3, -0.25) is 14.5 Å². The fourth-order valence-corrected chi connectivity index (χ4v) is 5.53. The lowest BCUT2D eigenvalue weighted by Crippen LogP contribution is -2.50. The van der Waals surface area contributed by atoms with Crippen molar-refractivity contribution in [2.24, 2.45) is 5.73 Å². The van der Waals surface area contributed by atoms with Crippen LogP contribution in [0, 0.1) is 11.3 Å². The van der Waals surface area contributed by atoms with Gasteiger partial charge in [-0.25, -0.2) is 0 Å². The molecule has 1 spiro atoms. The second-order valence-electron chi connectivity index (χ2n) is 7.80. The molecule has 0 bridgehead atoms. The molecule has 9 heteroatoms. The number of ketones is 1. The zero-order valence-electron chi connectivity index (χ0n) is 16.5. The average molecular weight is 530 g/mol. The number of Topliss-reactive ketones (excluding diaryl/α,β-unsaturated/α-hetero) is 1. The zero-order valence-corrected chi connectivity index (χ0v) is 19.6. The molecule has 1 amide bonds. The molecular weight excluding hydrogens is 515 g/mol. The van der Waals surface area contributed by atoms with E-state index in [1.165, 1.54) is 0 Å². The van der Waals surface area contributed by atoms with Crippen LogP contribution < -0.4 is 16.0 Å². The van der Waals surface area contributed by atoms with Gasteiger partial charge in [0.05, 0.1) is 15.6 Å². The third kappa shape index (κ3) is 2.70. The highest BCUT2D eigenvalue weighted by atomic mass is 79.9. The lowest BCUT2D eigenvalue weighted by Gasteiger charge is -2.43. The molecule has 3 N–H and O–H groups in total. The highest BCUT2D eigenvalue weighted by Crippen LogP contribution is 2.55. The van der Waals surface area contributed by atoms with E-state index in [0.717, 1.165) is 4.47 Å². The van der Waals surface area contributed by atoms with Gasteiger partial charge in [-0.05, 0) is 49.2 Å². The van der Waals surface area contributed by atoms with E-state index in [9.17, 15) is 14.9 Å². The van der Waals surface area contributed by atoms with Crippen LogP contribution in [0.15, 0.2) is 63.5 Å². The first-order chi connectivity index (χ1) is 15.3. The van der Waals surface area contributed by atoms with Crippen LogP contribution in [0.4, 0.5) is 11.4 Å². The SMILES string of the molecule is N#CC1=C(N)N(c2ccc(Cl)c(Cl)c2)C2=C(C(=O)CCC2)C12C(=O)Nc1ccc(Br)cc12. The van der Waals surface area contributed by atoms with Gasteiger partial charge < -0.3 is 11.1 Å². The maximum absolute atomic E-state index is 13.6. The molecule has 6 nitrogen and oxygen atoms in total. The number of hydrogen-bond donors (Lipinski definition) is 2. The van der Waals surface area contributed by atoms with Crippen LogP contribution >= 0.6 is 39.1 Å². The number of anilines is 2. The average Bonchev–Trinajstić information content (AvgIpc) is 3.03. The second kappa shape index (κ2) is 7.38. The number of carbonyl (C=O) groups is 2. The molecule has 0 saturated heterocycles. The Hall–Kier alpha value is -2.79. The summed E-state index contributed by atoms with van der Waals surface area (Å²) in [4.78, 5) is 28.6. The minimum absolute atomic E-state index is 0.00641. The Morgan fingerprint density at radius 2 is 1.91 bits per heavy atom. The van der Waals surface area contributed by atoms with E-state index in [1.54, 1.807) is 41.3 Å². The molecule has 1 aliphatic carbocycles.